The van der Waals surface area contributed by atoms with Crippen LogP contribution in [0.15, 0.2) is 11.6 Å². The summed E-state index contributed by atoms with van der Waals surface area (Å²) in [6, 6.07) is 0. The lowest BCUT2D eigenvalue weighted by Gasteiger charge is -2.63. The van der Waals surface area contributed by atoms with Crippen LogP contribution in [-0.4, -0.2) is 27.1 Å². The number of ketones is 2. The SMILES string of the molecule is C[C@]12CCC(=O)C=C1CC[C@H]1[C@@H]3CCC(=O)[C@@]3(C)CC(O)[C@]12Br. The molecule has 0 heterocycles. The van der Waals surface area contributed by atoms with Crippen LogP contribution in [0.25, 0.3) is 0 Å². The van der Waals surface area contributed by atoms with Crippen molar-refractivity contribution < 1.29 is 14.7 Å². The molecule has 1 N–H and O–H groups in total. The normalized spacial score (nSPS) is 52.5. The van der Waals surface area contributed by atoms with Gasteiger partial charge in [0.15, 0.2) is 5.78 Å². The number of Topliss-reactive ketones (excluding diaryl/α,β-unsaturated/α-hetero) is 1. The van der Waals surface area contributed by atoms with E-state index in [-0.39, 0.29) is 16.6 Å². The van der Waals surface area contributed by atoms with E-state index in [1.165, 1.54) is 5.57 Å². The van der Waals surface area contributed by atoms with Gasteiger partial charge >= 0.3 is 0 Å². The number of alkyl halides is 1. The van der Waals surface area contributed by atoms with Gasteiger partial charge in [-0.15, -0.1) is 0 Å². The molecule has 4 rings (SSSR count). The molecule has 4 heteroatoms. The van der Waals surface area contributed by atoms with E-state index < -0.39 is 10.4 Å². The summed E-state index contributed by atoms with van der Waals surface area (Å²) in [5, 5.41) is 11.2. The fraction of sp³-hybridized carbons (Fsp3) is 0.789. The maximum atomic E-state index is 12.5. The minimum Gasteiger partial charge on any atom is -0.392 e. The van der Waals surface area contributed by atoms with Gasteiger partial charge in [0.2, 0.25) is 0 Å². The summed E-state index contributed by atoms with van der Waals surface area (Å²) in [5.74, 6) is 1.21. The van der Waals surface area contributed by atoms with Crippen molar-refractivity contribution in [2.24, 2.45) is 22.7 Å². The lowest BCUT2D eigenvalue weighted by Crippen LogP contribution is -2.66. The van der Waals surface area contributed by atoms with E-state index in [0.717, 1.165) is 25.7 Å². The van der Waals surface area contributed by atoms with Gasteiger partial charge in [0, 0.05) is 23.7 Å². The summed E-state index contributed by atoms with van der Waals surface area (Å²) in [6.45, 7) is 4.29. The fourth-order valence-corrected chi connectivity index (χ4v) is 7.51. The van der Waals surface area contributed by atoms with Crippen LogP contribution < -0.4 is 0 Å². The van der Waals surface area contributed by atoms with E-state index >= 15 is 0 Å². The van der Waals surface area contributed by atoms with Gasteiger partial charge in [0.05, 0.1) is 10.4 Å². The molecule has 3 fully saturated rings. The number of carbonyl (C=O) groups excluding carboxylic acids is 2. The van der Waals surface area contributed by atoms with Crippen molar-refractivity contribution in [2.75, 3.05) is 0 Å². The molecule has 6 atom stereocenters. The Labute approximate surface area is 146 Å². The molecule has 3 nitrogen and oxygen atoms in total. The Morgan fingerprint density at radius 1 is 1.13 bits per heavy atom. The first-order chi connectivity index (χ1) is 10.7. The van der Waals surface area contributed by atoms with Crippen LogP contribution in [0.1, 0.15) is 58.8 Å². The van der Waals surface area contributed by atoms with Gasteiger partial charge in [-0.1, -0.05) is 35.4 Å². The second-order valence-corrected chi connectivity index (χ2v) is 9.90. The molecule has 0 aliphatic heterocycles. The predicted molar refractivity (Wildman–Crippen MR) is 91.3 cm³/mol. The third kappa shape index (κ3) is 1.80. The van der Waals surface area contributed by atoms with E-state index in [4.69, 9.17) is 0 Å². The van der Waals surface area contributed by atoms with Gasteiger partial charge in [0.25, 0.3) is 0 Å². The van der Waals surface area contributed by atoms with E-state index in [1.807, 2.05) is 6.08 Å². The lowest BCUT2D eigenvalue weighted by atomic mass is 9.46. The second kappa shape index (κ2) is 4.78. The Morgan fingerprint density at radius 2 is 1.83 bits per heavy atom. The van der Waals surface area contributed by atoms with Crippen molar-refractivity contribution in [1.29, 1.82) is 0 Å². The van der Waals surface area contributed by atoms with Crippen LogP contribution in [0.3, 0.4) is 0 Å². The van der Waals surface area contributed by atoms with E-state index in [1.54, 1.807) is 0 Å². The van der Waals surface area contributed by atoms with Crippen molar-refractivity contribution in [2.45, 2.75) is 69.2 Å². The Balaban J connectivity index is 1.83. The molecule has 0 amide bonds. The average molecular weight is 381 g/mol. The third-order valence-electron chi connectivity index (χ3n) is 7.75. The zero-order valence-corrected chi connectivity index (χ0v) is 15.5. The van der Waals surface area contributed by atoms with Crippen molar-refractivity contribution in [1.82, 2.24) is 0 Å². The number of aliphatic hydroxyl groups excluding tert-OH is 1. The molecular weight excluding hydrogens is 356 g/mol. The largest absolute Gasteiger partial charge is 0.392 e. The fourth-order valence-electron chi connectivity index (χ4n) is 6.34. The number of hydrogen-bond acceptors (Lipinski definition) is 3. The van der Waals surface area contributed by atoms with Crippen LogP contribution in [0.2, 0.25) is 0 Å². The third-order valence-corrected chi connectivity index (χ3v) is 9.74. The van der Waals surface area contributed by atoms with Gasteiger partial charge < -0.3 is 5.11 Å². The number of rotatable bonds is 0. The smallest absolute Gasteiger partial charge is 0.155 e. The van der Waals surface area contributed by atoms with Gasteiger partial charge in [-0.2, -0.15) is 0 Å². The molecule has 1 unspecified atom stereocenters. The second-order valence-electron chi connectivity index (χ2n) is 8.59. The van der Waals surface area contributed by atoms with Crippen molar-refractivity contribution in [3.8, 4) is 0 Å². The molecule has 0 radical (unpaired) electrons. The highest BCUT2D eigenvalue weighted by Gasteiger charge is 2.68. The van der Waals surface area contributed by atoms with E-state index in [9.17, 15) is 14.7 Å². The number of aliphatic hydroxyl groups is 1. The molecular formula is C19H25BrO3. The highest BCUT2D eigenvalue weighted by atomic mass is 79.9. The summed E-state index contributed by atoms with van der Waals surface area (Å²) < 4.78 is -0.403. The zero-order chi connectivity index (χ0) is 16.6. The minimum atomic E-state index is -0.544. The van der Waals surface area contributed by atoms with Crippen molar-refractivity contribution in [3.05, 3.63) is 11.6 Å². The van der Waals surface area contributed by atoms with Crippen LogP contribution in [0.4, 0.5) is 0 Å². The molecule has 0 aromatic heterocycles. The molecule has 0 bridgehead atoms. The Bertz CT molecular complexity index is 626. The standard InChI is InChI=1S/C19H25BrO3/c1-17-10-16(23)19(20)14(13(17)5-6-15(17)22)4-3-11-9-12(21)7-8-18(11,19)2/h9,13-14,16,23H,3-8,10H2,1-2H3/t13-,14-,16?,17-,18-,19+/m0/s1. The van der Waals surface area contributed by atoms with Crippen LogP contribution >= 0.6 is 15.9 Å². The highest BCUT2D eigenvalue weighted by Crippen LogP contribution is 2.69. The monoisotopic (exact) mass is 380 g/mol. The van der Waals surface area contributed by atoms with Crippen molar-refractivity contribution >= 4 is 27.5 Å². The highest BCUT2D eigenvalue weighted by molar-refractivity contribution is 9.10. The molecule has 0 spiro atoms. The molecule has 4 aliphatic carbocycles. The average Bonchev–Trinajstić information content (AvgIpc) is 2.77. The maximum Gasteiger partial charge on any atom is 0.155 e. The summed E-state index contributed by atoms with van der Waals surface area (Å²) in [6.07, 6.45) is 6.70. The lowest BCUT2D eigenvalue weighted by molar-refractivity contribution is -0.140. The first kappa shape index (κ1) is 16.0. The molecule has 126 valence electrons. The van der Waals surface area contributed by atoms with Crippen LogP contribution in [-0.2, 0) is 9.59 Å². The quantitative estimate of drug-likeness (QED) is 0.653. The summed E-state index contributed by atoms with van der Waals surface area (Å²) in [4.78, 5) is 24.4. The number of halogens is 1. The number of allylic oxidation sites excluding steroid dienone is 1. The maximum absolute atomic E-state index is 12.5. The van der Waals surface area contributed by atoms with Crippen LogP contribution in [0, 0.1) is 22.7 Å². The number of fused-ring (bicyclic) bond motifs is 5. The summed E-state index contributed by atoms with van der Waals surface area (Å²) in [7, 11) is 0. The van der Waals surface area contributed by atoms with Crippen molar-refractivity contribution in [3.63, 3.8) is 0 Å². The number of hydrogen-bond donors (Lipinski definition) is 1. The minimum absolute atomic E-state index is 0.184. The van der Waals surface area contributed by atoms with E-state index in [2.05, 4.69) is 29.8 Å². The van der Waals surface area contributed by atoms with Gasteiger partial charge in [-0.3, -0.25) is 9.59 Å². The van der Waals surface area contributed by atoms with E-state index in [0.29, 0.717) is 36.9 Å². The van der Waals surface area contributed by atoms with Gasteiger partial charge in [-0.25, -0.2) is 0 Å². The molecule has 23 heavy (non-hydrogen) atoms. The molecule has 0 aromatic rings. The van der Waals surface area contributed by atoms with Crippen LogP contribution in [0.5, 0.6) is 0 Å². The summed E-state index contributed by atoms with van der Waals surface area (Å²) in [5.41, 5.74) is 0.661. The topological polar surface area (TPSA) is 54.4 Å². The Morgan fingerprint density at radius 3 is 2.57 bits per heavy atom. The summed E-state index contributed by atoms with van der Waals surface area (Å²) >= 11 is 4.02. The molecule has 4 aliphatic rings. The first-order valence-corrected chi connectivity index (χ1v) is 9.67. The molecule has 3 saturated carbocycles. The predicted octanol–water partition coefficient (Wildman–Crippen LogP) is 3.58. The Hall–Kier alpha value is -0.480. The first-order valence-electron chi connectivity index (χ1n) is 8.87. The van der Waals surface area contributed by atoms with Gasteiger partial charge in [-0.05, 0) is 50.0 Å². The number of carbonyl (C=O) groups is 2. The molecule has 0 aromatic carbocycles. The van der Waals surface area contributed by atoms with Gasteiger partial charge in [0.1, 0.15) is 5.78 Å². The zero-order valence-electron chi connectivity index (χ0n) is 13.9. The Kier molecular flexibility index (Phi) is 3.33. The molecule has 0 saturated heterocycles.